The minimum atomic E-state index is -1.05. The summed E-state index contributed by atoms with van der Waals surface area (Å²) < 4.78 is 10.7. The molecule has 0 N–H and O–H groups in total. The number of esters is 1. The fraction of sp³-hybridized carbons (Fsp3) is 0.0909. The summed E-state index contributed by atoms with van der Waals surface area (Å²) in [6.45, 7) is 0. The summed E-state index contributed by atoms with van der Waals surface area (Å²) in [5.41, 5.74) is 1.34. The zero-order chi connectivity index (χ0) is 19.2. The number of ketones is 1. The van der Waals surface area contributed by atoms with Crippen molar-refractivity contribution in [1.82, 2.24) is 0 Å². The minimum Gasteiger partial charge on any atom is -0.497 e. The van der Waals surface area contributed by atoms with Crippen molar-refractivity contribution < 1.29 is 19.1 Å². The van der Waals surface area contributed by atoms with Gasteiger partial charge in [0.25, 0.3) is 0 Å². The van der Waals surface area contributed by atoms with Gasteiger partial charge in [-0.2, -0.15) is 0 Å². The maximum absolute atomic E-state index is 13.0. The molecule has 0 unspecified atom stereocenters. The van der Waals surface area contributed by atoms with Crippen LogP contribution >= 0.6 is 11.6 Å². The highest BCUT2D eigenvalue weighted by molar-refractivity contribution is 6.30. The van der Waals surface area contributed by atoms with Gasteiger partial charge in [0.2, 0.25) is 5.78 Å². The lowest BCUT2D eigenvalue weighted by molar-refractivity contribution is 0.0280. The standard InChI is InChI=1S/C22H17ClO4/c1-26-19-13-9-17(10-14-19)22(25)27-21(16-5-3-2-4-6-16)20(24)15-7-11-18(23)12-8-15/h2-14,21H,1H3/t21-/m1/s1. The monoisotopic (exact) mass is 380 g/mol. The number of hydrogen-bond donors (Lipinski definition) is 0. The van der Waals surface area contributed by atoms with Gasteiger partial charge >= 0.3 is 5.97 Å². The van der Waals surface area contributed by atoms with E-state index in [4.69, 9.17) is 21.1 Å². The molecule has 0 saturated heterocycles. The van der Waals surface area contributed by atoms with E-state index < -0.39 is 12.1 Å². The van der Waals surface area contributed by atoms with Gasteiger partial charge in [0.1, 0.15) is 5.75 Å². The van der Waals surface area contributed by atoms with Crippen LogP contribution in [0.5, 0.6) is 5.75 Å². The molecule has 5 heteroatoms. The average molecular weight is 381 g/mol. The first-order chi connectivity index (χ1) is 13.1. The Morgan fingerprint density at radius 3 is 2.00 bits per heavy atom. The molecule has 0 aliphatic rings. The number of methoxy groups -OCH3 is 1. The SMILES string of the molecule is COc1ccc(C(=O)O[C@@H](C(=O)c2ccc(Cl)cc2)c2ccccc2)cc1. The summed E-state index contributed by atoms with van der Waals surface area (Å²) in [5, 5.41) is 0.526. The topological polar surface area (TPSA) is 52.6 Å². The molecule has 0 aromatic heterocycles. The number of benzene rings is 3. The maximum Gasteiger partial charge on any atom is 0.339 e. The Morgan fingerprint density at radius 2 is 1.41 bits per heavy atom. The Balaban J connectivity index is 1.89. The third-order valence-electron chi connectivity index (χ3n) is 4.02. The van der Waals surface area contributed by atoms with Crippen LogP contribution in [0, 0.1) is 0 Å². The molecule has 0 fully saturated rings. The number of hydrogen-bond acceptors (Lipinski definition) is 4. The highest BCUT2D eigenvalue weighted by Gasteiger charge is 2.26. The van der Waals surface area contributed by atoms with Crippen LogP contribution in [0.3, 0.4) is 0 Å². The van der Waals surface area contributed by atoms with Crippen molar-refractivity contribution >= 4 is 23.4 Å². The third kappa shape index (κ3) is 4.54. The van der Waals surface area contributed by atoms with Crippen LogP contribution in [0.25, 0.3) is 0 Å². The molecule has 3 aromatic rings. The van der Waals surface area contributed by atoms with Gasteiger partial charge in [0, 0.05) is 16.1 Å². The summed E-state index contributed by atoms with van der Waals surface area (Å²) in [6, 6.07) is 21.9. The fourth-order valence-electron chi connectivity index (χ4n) is 2.57. The second-order valence-corrected chi connectivity index (χ2v) is 6.23. The van der Waals surface area contributed by atoms with Gasteiger partial charge in [-0.1, -0.05) is 41.9 Å². The zero-order valence-electron chi connectivity index (χ0n) is 14.6. The second-order valence-electron chi connectivity index (χ2n) is 5.80. The molecule has 1 atom stereocenters. The molecule has 4 nitrogen and oxygen atoms in total. The first-order valence-electron chi connectivity index (χ1n) is 8.28. The maximum atomic E-state index is 13.0. The van der Waals surface area contributed by atoms with Crippen LogP contribution in [0.1, 0.15) is 32.4 Å². The predicted octanol–water partition coefficient (Wildman–Crippen LogP) is 5.13. The van der Waals surface area contributed by atoms with E-state index in [0.29, 0.717) is 27.5 Å². The molecule has 0 amide bonds. The summed E-state index contributed by atoms with van der Waals surface area (Å²) in [6.07, 6.45) is -1.05. The predicted molar refractivity (Wildman–Crippen MR) is 103 cm³/mol. The van der Waals surface area contributed by atoms with Crippen LogP contribution in [0.15, 0.2) is 78.9 Å². The smallest absolute Gasteiger partial charge is 0.339 e. The molecule has 0 spiro atoms. The number of rotatable bonds is 6. The van der Waals surface area contributed by atoms with E-state index >= 15 is 0 Å². The van der Waals surface area contributed by atoms with Crippen molar-refractivity contribution in [3.63, 3.8) is 0 Å². The summed E-state index contributed by atoms with van der Waals surface area (Å²) in [7, 11) is 1.55. The molecular formula is C22H17ClO4. The van der Waals surface area contributed by atoms with Crippen molar-refractivity contribution in [3.8, 4) is 5.75 Å². The number of carbonyl (C=O) groups excluding carboxylic acids is 2. The Kier molecular flexibility index (Phi) is 5.89. The largest absolute Gasteiger partial charge is 0.497 e. The lowest BCUT2D eigenvalue weighted by Crippen LogP contribution is -2.20. The van der Waals surface area contributed by atoms with Gasteiger partial charge in [-0.3, -0.25) is 4.79 Å². The molecule has 136 valence electrons. The first kappa shape index (κ1) is 18.7. The second kappa shape index (κ2) is 8.52. The van der Waals surface area contributed by atoms with Crippen molar-refractivity contribution in [2.45, 2.75) is 6.10 Å². The number of ether oxygens (including phenoxy) is 2. The van der Waals surface area contributed by atoms with Crippen molar-refractivity contribution in [1.29, 1.82) is 0 Å². The molecule has 0 heterocycles. The van der Waals surface area contributed by atoms with Gasteiger partial charge in [-0.25, -0.2) is 4.79 Å². The van der Waals surface area contributed by atoms with Crippen molar-refractivity contribution in [2.75, 3.05) is 7.11 Å². The van der Waals surface area contributed by atoms with Crippen LogP contribution in [-0.2, 0) is 4.74 Å². The van der Waals surface area contributed by atoms with E-state index in [9.17, 15) is 9.59 Å². The van der Waals surface area contributed by atoms with E-state index in [0.717, 1.165) is 0 Å². The fourth-order valence-corrected chi connectivity index (χ4v) is 2.69. The normalized spacial score (nSPS) is 11.5. The molecule has 27 heavy (non-hydrogen) atoms. The summed E-state index contributed by atoms with van der Waals surface area (Å²) in [4.78, 5) is 25.6. The number of halogens is 1. The van der Waals surface area contributed by atoms with E-state index in [-0.39, 0.29) is 5.78 Å². The average Bonchev–Trinajstić information content (AvgIpc) is 2.72. The van der Waals surface area contributed by atoms with Crippen molar-refractivity contribution in [2.24, 2.45) is 0 Å². The highest BCUT2D eigenvalue weighted by atomic mass is 35.5. The lowest BCUT2D eigenvalue weighted by atomic mass is 9.99. The van der Waals surface area contributed by atoms with Gasteiger partial charge in [-0.05, 0) is 48.5 Å². The van der Waals surface area contributed by atoms with Gasteiger partial charge in [-0.15, -0.1) is 0 Å². The Labute approximate surface area is 162 Å². The van der Waals surface area contributed by atoms with E-state index in [1.807, 2.05) is 6.07 Å². The van der Waals surface area contributed by atoms with E-state index in [1.54, 1.807) is 79.9 Å². The Bertz CT molecular complexity index is 919. The van der Waals surface area contributed by atoms with Gasteiger partial charge < -0.3 is 9.47 Å². The van der Waals surface area contributed by atoms with Gasteiger partial charge in [0.15, 0.2) is 6.10 Å². The summed E-state index contributed by atoms with van der Waals surface area (Å²) in [5.74, 6) is -0.281. The molecule has 3 rings (SSSR count). The molecular weight excluding hydrogens is 364 g/mol. The van der Waals surface area contributed by atoms with E-state index in [2.05, 4.69) is 0 Å². The molecule has 0 saturated carbocycles. The molecule has 0 radical (unpaired) electrons. The Hall–Kier alpha value is -3.11. The van der Waals surface area contributed by atoms with E-state index in [1.165, 1.54) is 0 Å². The molecule has 0 aliphatic heterocycles. The Morgan fingerprint density at radius 1 is 0.815 bits per heavy atom. The van der Waals surface area contributed by atoms with Gasteiger partial charge in [0.05, 0.1) is 12.7 Å². The number of Topliss-reactive ketones (excluding diaryl/α,β-unsaturated/α-hetero) is 1. The number of carbonyl (C=O) groups is 2. The molecule has 0 aliphatic carbocycles. The zero-order valence-corrected chi connectivity index (χ0v) is 15.3. The van der Waals surface area contributed by atoms with Crippen LogP contribution in [0.2, 0.25) is 5.02 Å². The molecule has 3 aromatic carbocycles. The van der Waals surface area contributed by atoms with Crippen LogP contribution in [-0.4, -0.2) is 18.9 Å². The third-order valence-corrected chi connectivity index (χ3v) is 4.27. The van der Waals surface area contributed by atoms with Crippen molar-refractivity contribution in [3.05, 3.63) is 101 Å². The van der Waals surface area contributed by atoms with Crippen LogP contribution < -0.4 is 4.74 Å². The summed E-state index contributed by atoms with van der Waals surface area (Å²) >= 11 is 5.90. The van der Waals surface area contributed by atoms with Crippen LogP contribution in [0.4, 0.5) is 0 Å². The highest BCUT2D eigenvalue weighted by Crippen LogP contribution is 2.25. The first-order valence-corrected chi connectivity index (χ1v) is 8.66. The minimum absolute atomic E-state index is 0.320. The molecule has 0 bridgehead atoms. The lowest BCUT2D eigenvalue weighted by Gasteiger charge is -2.17. The quantitative estimate of drug-likeness (QED) is 0.439.